The minimum absolute atomic E-state index is 0.0584. The molecule has 1 aromatic rings. The normalized spacial score (nSPS) is 29.0. The quantitative estimate of drug-likeness (QED) is 0.329. The van der Waals surface area contributed by atoms with Crippen LogP contribution in [-0.2, 0) is 53.4 Å². The summed E-state index contributed by atoms with van der Waals surface area (Å²) in [6, 6.07) is 3.55. The first-order valence-corrected chi connectivity index (χ1v) is 17.8. The number of hydrogen-bond donors (Lipinski definition) is 3. The summed E-state index contributed by atoms with van der Waals surface area (Å²) in [7, 11) is -3.89. The molecule has 15 heteroatoms. The Morgan fingerprint density at radius 2 is 1.94 bits per heavy atom. The molecule has 3 heterocycles. The Balaban J connectivity index is 1.26. The van der Waals surface area contributed by atoms with Crippen LogP contribution in [-0.4, -0.2) is 90.3 Å². The van der Waals surface area contributed by atoms with Crippen LogP contribution < -0.4 is 15.4 Å². The summed E-state index contributed by atoms with van der Waals surface area (Å²) < 4.78 is 38.6. The van der Waals surface area contributed by atoms with Gasteiger partial charge in [0.2, 0.25) is 21.8 Å². The number of nitrogens with zero attached hydrogens (tertiary/aromatic N) is 2. The van der Waals surface area contributed by atoms with E-state index in [4.69, 9.17) is 9.47 Å². The number of hydrogen-bond acceptors (Lipinski definition) is 9. The molecule has 4 bridgehead atoms. The van der Waals surface area contributed by atoms with Crippen molar-refractivity contribution in [2.24, 2.45) is 5.92 Å². The Kier molecular flexibility index (Phi) is 8.94. The van der Waals surface area contributed by atoms with Crippen LogP contribution in [0, 0.1) is 5.92 Å². The largest absolute Gasteiger partial charge is 0.449 e. The summed E-state index contributed by atoms with van der Waals surface area (Å²) in [5.74, 6) is -2.63. The standard InChI is InChI=1S/C32H41N5O9S/c1-3-5-9-25-28(39)37-17-22(46-31(42)36-16-20-8-6-7-19(24(20)18-36)12-13-45-30(41)33-25)14-26(37)27(38)34-32(15-21(32)4-2)29(40)35-47(43,44)23-10-11-23/h4,6-8,21-23,25-26H,2-3,5,9-18H2,1H3,(H,33,41)(H,34,38)(H,35,40). The fourth-order valence-electron chi connectivity index (χ4n) is 6.77. The average Bonchev–Trinajstić information content (AvgIpc) is 3.93. The van der Waals surface area contributed by atoms with Gasteiger partial charge in [0.05, 0.1) is 18.4 Å². The summed E-state index contributed by atoms with van der Waals surface area (Å²) >= 11 is 0. The first-order chi connectivity index (χ1) is 22.5. The molecule has 0 radical (unpaired) electrons. The number of benzene rings is 1. The number of unbranched alkanes of at least 4 members (excludes halogenated alkanes) is 1. The van der Waals surface area contributed by atoms with E-state index in [1.165, 1.54) is 11.0 Å². The van der Waals surface area contributed by atoms with Gasteiger partial charge in [-0.05, 0) is 42.4 Å². The number of cyclic esters (lactones) is 1. The molecule has 1 aromatic carbocycles. The van der Waals surface area contributed by atoms with Crippen LogP contribution >= 0.6 is 0 Å². The molecule has 3 aliphatic heterocycles. The number of fused-ring (bicyclic) bond motifs is 3. The minimum atomic E-state index is -3.89. The van der Waals surface area contributed by atoms with Gasteiger partial charge in [-0.1, -0.05) is 44.0 Å². The van der Waals surface area contributed by atoms with Crippen molar-refractivity contribution in [3.63, 3.8) is 0 Å². The lowest BCUT2D eigenvalue weighted by molar-refractivity contribution is -0.141. The number of amides is 5. The molecule has 0 aromatic heterocycles. The number of carbonyl (C=O) groups is 5. The molecule has 5 unspecified atom stereocenters. The molecule has 2 aliphatic carbocycles. The molecule has 5 aliphatic rings. The lowest BCUT2D eigenvalue weighted by Crippen LogP contribution is -2.58. The molecule has 1 saturated heterocycles. The molecule has 14 nitrogen and oxygen atoms in total. The molecule has 2 saturated carbocycles. The zero-order chi connectivity index (χ0) is 33.5. The Bertz CT molecular complexity index is 1590. The third-order valence-corrected chi connectivity index (χ3v) is 11.6. The molecular weight excluding hydrogens is 630 g/mol. The van der Waals surface area contributed by atoms with Gasteiger partial charge >= 0.3 is 12.2 Å². The van der Waals surface area contributed by atoms with Gasteiger partial charge in [-0.25, -0.2) is 18.0 Å². The van der Waals surface area contributed by atoms with Gasteiger partial charge in [-0.3, -0.25) is 24.0 Å². The fourth-order valence-corrected chi connectivity index (χ4v) is 8.13. The number of nitrogens with one attached hydrogen (secondary N) is 3. The molecular formula is C32H41N5O9S. The second kappa shape index (κ2) is 12.8. The van der Waals surface area contributed by atoms with Crippen molar-refractivity contribution in [2.75, 3.05) is 13.2 Å². The monoisotopic (exact) mass is 671 g/mol. The second-order valence-electron chi connectivity index (χ2n) is 13.1. The zero-order valence-corrected chi connectivity index (χ0v) is 27.2. The van der Waals surface area contributed by atoms with Crippen LogP contribution in [0.3, 0.4) is 0 Å². The van der Waals surface area contributed by atoms with E-state index in [-0.39, 0.29) is 32.4 Å². The molecule has 254 valence electrons. The van der Waals surface area contributed by atoms with Crippen molar-refractivity contribution in [1.29, 1.82) is 0 Å². The Morgan fingerprint density at radius 1 is 1.17 bits per heavy atom. The average molecular weight is 672 g/mol. The molecule has 5 atom stereocenters. The highest BCUT2D eigenvalue weighted by atomic mass is 32.2. The third-order valence-electron chi connectivity index (χ3n) is 9.74. The van der Waals surface area contributed by atoms with Crippen LogP contribution in [0.4, 0.5) is 9.59 Å². The Labute approximate surface area is 273 Å². The van der Waals surface area contributed by atoms with Gasteiger partial charge in [0.15, 0.2) is 0 Å². The maximum atomic E-state index is 14.1. The number of alkyl carbamates (subject to hydrolysis) is 1. The van der Waals surface area contributed by atoms with E-state index < -0.39 is 74.8 Å². The van der Waals surface area contributed by atoms with Crippen LogP contribution in [0.25, 0.3) is 0 Å². The highest BCUT2D eigenvalue weighted by molar-refractivity contribution is 7.91. The van der Waals surface area contributed by atoms with Crippen molar-refractivity contribution in [2.45, 2.75) is 100 Å². The first kappa shape index (κ1) is 32.8. The van der Waals surface area contributed by atoms with E-state index in [1.54, 1.807) is 4.90 Å². The summed E-state index contributed by atoms with van der Waals surface area (Å²) in [6.45, 7) is 6.24. The van der Waals surface area contributed by atoms with E-state index in [2.05, 4.69) is 21.9 Å². The summed E-state index contributed by atoms with van der Waals surface area (Å²) in [6.07, 6.45) is 2.32. The van der Waals surface area contributed by atoms with Crippen LogP contribution in [0.2, 0.25) is 0 Å². The van der Waals surface area contributed by atoms with Gasteiger partial charge < -0.3 is 25.0 Å². The summed E-state index contributed by atoms with van der Waals surface area (Å²) in [5, 5.41) is 4.75. The predicted octanol–water partition coefficient (Wildman–Crippen LogP) is 1.62. The lowest BCUT2D eigenvalue weighted by Gasteiger charge is -2.29. The Morgan fingerprint density at radius 3 is 2.64 bits per heavy atom. The zero-order valence-electron chi connectivity index (χ0n) is 26.4. The molecule has 5 amide bonds. The van der Waals surface area contributed by atoms with Crippen molar-refractivity contribution in [3.8, 4) is 0 Å². The van der Waals surface area contributed by atoms with Crippen molar-refractivity contribution in [3.05, 3.63) is 47.5 Å². The summed E-state index contributed by atoms with van der Waals surface area (Å²) in [5.41, 5.74) is 1.32. The van der Waals surface area contributed by atoms with E-state index >= 15 is 0 Å². The van der Waals surface area contributed by atoms with E-state index in [1.807, 2.05) is 25.1 Å². The van der Waals surface area contributed by atoms with Crippen LogP contribution in [0.5, 0.6) is 0 Å². The van der Waals surface area contributed by atoms with Crippen molar-refractivity contribution < 1.29 is 41.9 Å². The molecule has 47 heavy (non-hydrogen) atoms. The lowest BCUT2D eigenvalue weighted by atomic mass is 10.0. The van der Waals surface area contributed by atoms with Crippen LogP contribution in [0.1, 0.15) is 68.6 Å². The number of carbonyl (C=O) groups excluding carboxylic acids is 5. The van der Waals surface area contributed by atoms with Gasteiger partial charge in [-0.15, -0.1) is 6.58 Å². The molecule has 3 fully saturated rings. The topological polar surface area (TPSA) is 181 Å². The van der Waals surface area contributed by atoms with Crippen molar-refractivity contribution >= 4 is 39.9 Å². The highest BCUT2D eigenvalue weighted by Gasteiger charge is 2.62. The smallest absolute Gasteiger partial charge is 0.410 e. The molecule has 6 rings (SSSR count). The summed E-state index contributed by atoms with van der Waals surface area (Å²) in [4.78, 5) is 70.4. The Hall–Kier alpha value is -4.14. The number of ether oxygens (including phenoxy) is 2. The maximum Gasteiger partial charge on any atom is 0.410 e. The van der Waals surface area contributed by atoms with Gasteiger partial charge in [0, 0.05) is 31.8 Å². The SMILES string of the molecule is C=CC1CC1(NC(=O)C1CC2CN1C(=O)C(CCCC)NC(=O)OCCc1cccc3c1CN(C3)C(=O)O2)C(=O)NS(=O)(=O)C1CC1. The predicted molar refractivity (Wildman–Crippen MR) is 167 cm³/mol. The number of sulfonamides is 1. The highest BCUT2D eigenvalue weighted by Crippen LogP contribution is 2.45. The first-order valence-electron chi connectivity index (χ1n) is 16.2. The molecule has 3 N–H and O–H groups in total. The van der Waals surface area contributed by atoms with E-state index in [9.17, 15) is 32.4 Å². The third kappa shape index (κ3) is 6.67. The number of rotatable bonds is 9. The van der Waals surface area contributed by atoms with Crippen molar-refractivity contribution in [1.82, 2.24) is 25.2 Å². The van der Waals surface area contributed by atoms with Gasteiger partial charge in [-0.2, -0.15) is 0 Å². The van der Waals surface area contributed by atoms with E-state index in [0.29, 0.717) is 38.8 Å². The minimum Gasteiger partial charge on any atom is -0.449 e. The van der Waals surface area contributed by atoms with E-state index in [0.717, 1.165) is 23.1 Å². The second-order valence-corrected chi connectivity index (χ2v) is 15.0. The fraction of sp³-hybridized carbons (Fsp3) is 0.594. The van der Waals surface area contributed by atoms with Gasteiger partial charge in [0.25, 0.3) is 5.91 Å². The van der Waals surface area contributed by atoms with Gasteiger partial charge in [0.1, 0.15) is 23.7 Å². The maximum absolute atomic E-state index is 14.1. The van der Waals surface area contributed by atoms with Crippen LogP contribution in [0.15, 0.2) is 30.9 Å². The molecule has 0 spiro atoms.